The van der Waals surface area contributed by atoms with Crippen molar-refractivity contribution in [2.45, 2.75) is 4.90 Å². The molecular weight excluding hydrogens is 410 g/mol. The molecule has 1 aromatic heterocycles. The minimum absolute atomic E-state index is 0.0807. The highest BCUT2D eigenvalue weighted by Gasteiger charge is 2.14. The van der Waals surface area contributed by atoms with Gasteiger partial charge in [-0.05, 0) is 66.8 Å². The summed E-state index contributed by atoms with van der Waals surface area (Å²) in [5.41, 5.74) is 1.00. The molecule has 0 bridgehead atoms. The molecule has 29 heavy (non-hydrogen) atoms. The number of para-hydroxylation sites is 1. The maximum atomic E-state index is 12.4. The first kappa shape index (κ1) is 20.3. The van der Waals surface area contributed by atoms with E-state index in [0.717, 1.165) is 0 Å². The molecule has 0 atom stereocenters. The Bertz CT molecular complexity index is 1110. The molecule has 0 aliphatic rings. The first-order chi connectivity index (χ1) is 13.9. The topological polar surface area (TPSA) is 100 Å². The van der Waals surface area contributed by atoms with Gasteiger partial charge in [0, 0.05) is 17.5 Å². The molecule has 0 unspecified atom stereocenters. The molecule has 1 heterocycles. The van der Waals surface area contributed by atoms with E-state index in [9.17, 15) is 13.2 Å². The van der Waals surface area contributed by atoms with Crippen LogP contribution in [-0.2, 0) is 14.8 Å². The van der Waals surface area contributed by atoms with Crippen molar-refractivity contribution < 1.29 is 17.6 Å². The van der Waals surface area contributed by atoms with Gasteiger partial charge in [-0.25, -0.2) is 8.42 Å². The third kappa shape index (κ3) is 6.03. The Balaban J connectivity index is 1.57. The summed E-state index contributed by atoms with van der Waals surface area (Å²) in [6, 6.07) is 18.0. The molecule has 0 radical (unpaired) electrons. The highest BCUT2D eigenvalue weighted by atomic mass is 32.2. The van der Waals surface area contributed by atoms with Crippen LogP contribution in [0.2, 0.25) is 0 Å². The third-order valence-corrected chi connectivity index (χ3v) is 5.23. The summed E-state index contributed by atoms with van der Waals surface area (Å²) in [7, 11) is -3.70. The van der Waals surface area contributed by atoms with E-state index in [1.54, 1.807) is 54.6 Å². The molecule has 0 spiro atoms. The monoisotopic (exact) mass is 427 g/mol. The van der Waals surface area contributed by atoms with Crippen molar-refractivity contribution in [3.8, 4) is 0 Å². The minimum atomic E-state index is -3.70. The molecule has 148 valence electrons. The van der Waals surface area contributed by atoms with Crippen LogP contribution in [0.1, 0.15) is 5.76 Å². The number of anilines is 2. The van der Waals surface area contributed by atoms with Crippen LogP contribution in [-0.4, -0.2) is 19.4 Å². The maximum absolute atomic E-state index is 12.4. The lowest BCUT2D eigenvalue weighted by Crippen LogP contribution is -2.32. The lowest BCUT2D eigenvalue weighted by atomic mass is 10.3. The van der Waals surface area contributed by atoms with Crippen LogP contribution >= 0.6 is 12.2 Å². The third-order valence-electron chi connectivity index (χ3n) is 3.63. The van der Waals surface area contributed by atoms with Crippen molar-refractivity contribution in [3.63, 3.8) is 0 Å². The molecule has 3 aromatic rings. The van der Waals surface area contributed by atoms with Crippen LogP contribution in [0, 0.1) is 0 Å². The van der Waals surface area contributed by atoms with Gasteiger partial charge in [0.2, 0.25) is 5.91 Å². The number of hydrogen-bond donors (Lipinski definition) is 3. The summed E-state index contributed by atoms with van der Waals surface area (Å²) in [5, 5.41) is 5.39. The first-order valence-corrected chi connectivity index (χ1v) is 10.3. The molecule has 9 heteroatoms. The predicted molar refractivity (Wildman–Crippen MR) is 116 cm³/mol. The zero-order chi connectivity index (χ0) is 20.7. The van der Waals surface area contributed by atoms with Gasteiger partial charge in [0.05, 0.1) is 11.2 Å². The minimum Gasteiger partial charge on any atom is -0.465 e. The first-order valence-electron chi connectivity index (χ1n) is 8.44. The number of nitrogens with one attached hydrogen (secondary N) is 3. The number of carbonyl (C=O) groups is 1. The van der Waals surface area contributed by atoms with Crippen LogP contribution in [0.5, 0.6) is 0 Å². The van der Waals surface area contributed by atoms with Gasteiger partial charge in [0.15, 0.2) is 5.11 Å². The molecular formula is C20H17N3O4S2. The zero-order valence-corrected chi connectivity index (χ0v) is 16.7. The molecule has 2 aromatic carbocycles. The van der Waals surface area contributed by atoms with E-state index >= 15 is 0 Å². The van der Waals surface area contributed by atoms with E-state index in [2.05, 4.69) is 15.4 Å². The predicted octanol–water partition coefficient (Wildman–Crippen LogP) is 3.61. The Morgan fingerprint density at radius 2 is 1.66 bits per heavy atom. The molecule has 3 rings (SSSR count). The molecule has 0 aliphatic carbocycles. The zero-order valence-electron chi connectivity index (χ0n) is 15.0. The van der Waals surface area contributed by atoms with Crippen molar-refractivity contribution in [3.05, 3.63) is 84.8 Å². The van der Waals surface area contributed by atoms with Gasteiger partial charge in [0.1, 0.15) is 5.76 Å². The standard InChI is InChI=1S/C20H17N3O4S2/c24-19(13-10-17-7-4-14-27-17)22-20(28)21-15-8-11-18(12-9-15)29(25,26)23-16-5-2-1-3-6-16/h1-14,23H,(H2,21,22,24,28)/b13-10+. The number of sulfonamides is 1. The van der Waals surface area contributed by atoms with Crippen molar-refractivity contribution in [1.82, 2.24) is 5.32 Å². The molecule has 3 N–H and O–H groups in total. The van der Waals surface area contributed by atoms with Gasteiger partial charge >= 0.3 is 0 Å². The van der Waals surface area contributed by atoms with E-state index in [1.807, 2.05) is 0 Å². The van der Waals surface area contributed by atoms with E-state index in [1.165, 1.54) is 30.5 Å². The molecule has 0 aliphatic heterocycles. The van der Waals surface area contributed by atoms with Gasteiger partial charge in [0.25, 0.3) is 10.0 Å². The second kappa shape index (κ2) is 9.18. The fraction of sp³-hybridized carbons (Fsp3) is 0. The van der Waals surface area contributed by atoms with Crippen LogP contribution in [0.25, 0.3) is 6.08 Å². The molecule has 1 amide bonds. The van der Waals surface area contributed by atoms with Crippen LogP contribution < -0.4 is 15.4 Å². The van der Waals surface area contributed by atoms with Crippen molar-refractivity contribution in [1.29, 1.82) is 0 Å². The highest BCUT2D eigenvalue weighted by Crippen LogP contribution is 2.18. The summed E-state index contributed by atoms with van der Waals surface area (Å²) < 4.78 is 32.4. The Labute approximate surface area is 173 Å². The smallest absolute Gasteiger partial charge is 0.261 e. The van der Waals surface area contributed by atoms with Gasteiger partial charge in [-0.1, -0.05) is 18.2 Å². The Morgan fingerprint density at radius 1 is 0.931 bits per heavy atom. The molecule has 7 nitrogen and oxygen atoms in total. The number of benzene rings is 2. The summed E-state index contributed by atoms with van der Waals surface area (Å²) in [6.07, 6.45) is 4.30. The largest absolute Gasteiger partial charge is 0.465 e. The second-order valence-corrected chi connectivity index (χ2v) is 7.88. The van der Waals surface area contributed by atoms with Crippen LogP contribution in [0.3, 0.4) is 0 Å². The Hall–Kier alpha value is -3.43. The number of carbonyl (C=O) groups excluding carboxylic acids is 1. The fourth-order valence-electron chi connectivity index (χ4n) is 2.30. The number of amides is 1. The Morgan fingerprint density at radius 3 is 2.31 bits per heavy atom. The lowest BCUT2D eigenvalue weighted by molar-refractivity contribution is -0.115. The normalized spacial score (nSPS) is 11.2. The molecule has 0 saturated carbocycles. The van der Waals surface area contributed by atoms with E-state index < -0.39 is 15.9 Å². The second-order valence-electron chi connectivity index (χ2n) is 5.79. The van der Waals surface area contributed by atoms with E-state index in [0.29, 0.717) is 17.1 Å². The number of furan rings is 1. The maximum Gasteiger partial charge on any atom is 0.261 e. The quantitative estimate of drug-likeness (QED) is 0.410. The Kier molecular flexibility index (Phi) is 6.43. The van der Waals surface area contributed by atoms with Gasteiger partial charge in [-0.15, -0.1) is 0 Å². The van der Waals surface area contributed by atoms with E-state index in [4.69, 9.17) is 16.6 Å². The number of thiocarbonyl (C=S) groups is 1. The average molecular weight is 428 g/mol. The van der Waals surface area contributed by atoms with Gasteiger partial charge in [-0.2, -0.15) is 0 Å². The van der Waals surface area contributed by atoms with Crippen molar-refractivity contribution >= 4 is 50.7 Å². The van der Waals surface area contributed by atoms with Gasteiger partial charge in [-0.3, -0.25) is 14.8 Å². The number of rotatable bonds is 6. The summed E-state index contributed by atoms with van der Waals surface area (Å²) in [4.78, 5) is 11.9. The summed E-state index contributed by atoms with van der Waals surface area (Å²) in [5.74, 6) is 0.116. The fourth-order valence-corrected chi connectivity index (χ4v) is 3.57. The van der Waals surface area contributed by atoms with E-state index in [-0.39, 0.29) is 10.0 Å². The molecule has 0 fully saturated rings. The van der Waals surface area contributed by atoms with Crippen LogP contribution in [0.4, 0.5) is 11.4 Å². The molecule has 0 saturated heterocycles. The van der Waals surface area contributed by atoms with Gasteiger partial charge < -0.3 is 9.73 Å². The van der Waals surface area contributed by atoms with Crippen molar-refractivity contribution in [2.75, 3.05) is 10.0 Å². The SMILES string of the molecule is O=C(/C=C/c1ccco1)NC(=S)Nc1ccc(S(=O)(=O)Nc2ccccc2)cc1. The number of hydrogen-bond acceptors (Lipinski definition) is 5. The van der Waals surface area contributed by atoms with Crippen LogP contribution in [0.15, 0.2) is 88.4 Å². The lowest BCUT2D eigenvalue weighted by Gasteiger charge is -2.10. The summed E-state index contributed by atoms with van der Waals surface area (Å²) >= 11 is 5.09. The summed E-state index contributed by atoms with van der Waals surface area (Å²) in [6.45, 7) is 0. The highest BCUT2D eigenvalue weighted by molar-refractivity contribution is 7.92. The average Bonchev–Trinajstić information content (AvgIpc) is 3.21. The van der Waals surface area contributed by atoms with Crippen molar-refractivity contribution in [2.24, 2.45) is 0 Å².